The number of hydrogen-bond acceptors (Lipinski definition) is 4. The van der Waals surface area contributed by atoms with Crippen molar-refractivity contribution in [2.45, 2.75) is 46.7 Å². The average molecular weight is 312 g/mol. The number of rotatable bonds is 4. The predicted molar refractivity (Wildman–Crippen MR) is 92.5 cm³/mol. The number of anilines is 1. The monoisotopic (exact) mass is 312 g/mol. The van der Waals surface area contributed by atoms with Gasteiger partial charge in [-0.25, -0.2) is 9.97 Å². The molecule has 0 aliphatic carbocycles. The molecule has 5 heteroatoms. The summed E-state index contributed by atoms with van der Waals surface area (Å²) in [4.78, 5) is 21.0. The van der Waals surface area contributed by atoms with Crippen molar-refractivity contribution in [1.82, 2.24) is 15.3 Å². The van der Waals surface area contributed by atoms with Crippen molar-refractivity contribution < 1.29 is 4.79 Å². The number of aryl methyl sites for hydroxylation is 2. The van der Waals surface area contributed by atoms with Crippen molar-refractivity contribution in [2.24, 2.45) is 0 Å². The van der Waals surface area contributed by atoms with Gasteiger partial charge in [-0.3, -0.25) is 4.79 Å². The van der Waals surface area contributed by atoms with Gasteiger partial charge in [-0.05, 0) is 46.2 Å². The summed E-state index contributed by atoms with van der Waals surface area (Å²) in [6, 6.07) is 9.75. The van der Waals surface area contributed by atoms with E-state index in [0.717, 1.165) is 11.3 Å². The third kappa shape index (κ3) is 5.36. The number of amides is 1. The second-order valence-electron chi connectivity index (χ2n) is 6.76. The highest BCUT2D eigenvalue weighted by molar-refractivity contribution is 5.92. The third-order valence-electron chi connectivity index (χ3n) is 3.11. The molecule has 1 amide bonds. The summed E-state index contributed by atoms with van der Waals surface area (Å²) < 4.78 is 0. The number of nitrogens with one attached hydrogen (secondary N) is 2. The molecule has 1 aromatic carbocycles. The molecule has 0 spiro atoms. The second kappa shape index (κ2) is 6.77. The highest BCUT2D eigenvalue weighted by Gasteiger charge is 2.15. The van der Waals surface area contributed by atoms with E-state index in [2.05, 4.69) is 26.7 Å². The van der Waals surface area contributed by atoms with Crippen LogP contribution in [-0.2, 0) is 6.54 Å². The molecule has 122 valence electrons. The Morgan fingerprint density at radius 2 is 1.87 bits per heavy atom. The van der Waals surface area contributed by atoms with Crippen LogP contribution in [0.2, 0.25) is 0 Å². The molecule has 5 nitrogen and oxygen atoms in total. The van der Waals surface area contributed by atoms with Gasteiger partial charge in [0, 0.05) is 17.8 Å². The van der Waals surface area contributed by atoms with Crippen LogP contribution in [0.5, 0.6) is 0 Å². The summed E-state index contributed by atoms with van der Waals surface area (Å²) in [5, 5.41) is 6.10. The largest absolute Gasteiger partial charge is 0.350 e. The maximum Gasteiger partial charge on any atom is 0.270 e. The molecule has 0 saturated heterocycles. The molecule has 0 aliphatic rings. The molecule has 1 aromatic heterocycles. The summed E-state index contributed by atoms with van der Waals surface area (Å²) in [5.41, 5.74) is 3.20. The molecule has 2 aromatic rings. The van der Waals surface area contributed by atoms with Gasteiger partial charge in [0.2, 0.25) is 5.95 Å². The average Bonchev–Trinajstić information content (AvgIpc) is 2.42. The van der Waals surface area contributed by atoms with Crippen molar-refractivity contribution in [2.75, 3.05) is 5.32 Å². The highest BCUT2D eigenvalue weighted by Crippen LogP contribution is 2.12. The molecule has 0 aliphatic heterocycles. The Bertz CT molecular complexity index is 704. The first-order valence-corrected chi connectivity index (χ1v) is 7.70. The van der Waals surface area contributed by atoms with Crippen molar-refractivity contribution in [3.63, 3.8) is 0 Å². The van der Waals surface area contributed by atoms with Gasteiger partial charge in [-0.15, -0.1) is 0 Å². The first-order valence-electron chi connectivity index (χ1n) is 7.70. The minimum Gasteiger partial charge on any atom is -0.350 e. The summed E-state index contributed by atoms with van der Waals surface area (Å²) in [5.74, 6) is 0.271. The SMILES string of the molecule is Cc1cccc(CNC(=O)c2cc(C)nc(NC(C)(C)C)n2)c1. The molecule has 0 atom stereocenters. The topological polar surface area (TPSA) is 66.9 Å². The molecule has 0 saturated carbocycles. The lowest BCUT2D eigenvalue weighted by Gasteiger charge is -2.20. The first-order chi connectivity index (χ1) is 10.7. The Kier molecular flexibility index (Phi) is 4.98. The van der Waals surface area contributed by atoms with Gasteiger partial charge in [-0.2, -0.15) is 0 Å². The standard InChI is InChI=1S/C18H24N4O/c1-12-7-6-8-14(9-12)11-19-16(23)15-10-13(2)20-17(21-15)22-18(3,4)5/h6-10H,11H2,1-5H3,(H,19,23)(H,20,21,22). The van der Waals surface area contributed by atoms with E-state index in [1.165, 1.54) is 5.56 Å². The summed E-state index contributed by atoms with van der Waals surface area (Å²) >= 11 is 0. The lowest BCUT2D eigenvalue weighted by molar-refractivity contribution is 0.0945. The van der Waals surface area contributed by atoms with Gasteiger partial charge < -0.3 is 10.6 Å². The lowest BCUT2D eigenvalue weighted by atomic mass is 10.1. The molecule has 1 heterocycles. The fourth-order valence-electron chi connectivity index (χ4n) is 2.17. The van der Waals surface area contributed by atoms with Crippen LogP contribution in [0.3, 0.4) is 0 Å². The second-order valence-corrected chi connectivity index (χ2v) is 6.76. The number of benzene rings is 1. The molecule has 23 heavy (non-hydrogen) atoms. The lowest BCUT2D eigenvalue weighted by Crippen LogP contribution is -2.29. The molecule has 0 fully saturated rings. The number of hydrogen-bond donors (Lipinski definition) is 2. The zero-order valence-electron chi connectivity index (χ0n) is 14.4. The van der Waals surface area contributed by atoms with E-state index in [4.69, 9.17) is 0 Å². The minimum absolute atomic E-state index is 0.164. The number of carbonyl (C=O) groups excluding carboxylic acids is 1. The summed E-state index contributed by atoms with van der Waals surface area (Å²) in [6.45, 7) is 10.4. The van der Waals surface area contributed by atoms with Gasteiger partial charge >= 0.3 is 0 Å². The molecular weight excluding hydrogens is 288 g/mol. The first kappa shape index (κ1) is 16.9. The van der Waals surface area contributed by atoms with Crippen molar-refractivity contribution in [3.8, 4) is 0 Å². The van der Waals surface area contributed by atoms with E-state index in [1.54, 1.807) is 6.07 Å². The van der Waals surface area contributed by atoms with E-state index < -0.39 is 0 Å². The Morgan fingerprint density at radius 1 is 1.13 bits per heavy atom. The molecule has 2 rings (SSSR count). The van der Waals surface area contributed by atoms with Crippen molar-refractivity contribution in [3.05, 3.63) is 52.8 Å². The summed E-state index contributed by atoms with van der Waals surface area (Å²) in [6.07, 6.45) is 0. The van der Waals surface area contributed by atoms with E-state index in [0.29, 0.717) is 18.2 Å². The van der Waals surface area contributed by atoms with Crippen molar-refractivity contribution in [1.29, 1.82) is 0 Å². The van der Waals surface area contributed by atoms with Gasteiger partial charge in [0.15, 0.2) is 0 Å². The quantitative estimate of drug-likeness (QED) is 0.909. The van der Waals surface area contributed by atoms with Crippen LogP contribution in [0.15, 0.2) is 30.3 Å². The van der Waals surface area contributed by atoms with Crippen LogP contribution in [0, 0.1) is 13.8 Å². The zero-order chi connectivity index (χ0) is 17.0. The fraction of sp³-hybridized carbons (Fsp3) is 0.389. The van der Waals surface area contributed by atoms with Crippen LogP contribution in [0.25, 0.3) is 0 Å². The molecule has 0 unspecified atom stereocenters. The third-order valence-corrected chi connectivity index (χ3v) is 3.11. The molecular formula is C18H24N4O. The number of aromatic nitrogens is 2. The normalized spacial score (nSPS) is 11.2. The van der Waals surface area contributed by atoms with Crippen molar-refractivity contribution >= 4 is 11.9 Å². The van der Waals surface area contributed by atoms with Crippen LogP contribution in [-0.4, -0.2) is 21.4 Å². The minimum atomic E-state index is -0.200. The predicted octanol–water partition coefficient (Wildman–Crippen LogP) is 3.23. The molecule has 0 bridgehead atoms. The van der Waals surface area contributed by atoms with Gasteiger partial charge in [0.05, 0.1) is 0 Å². The molecule has 2 N–H and O–H groups in total. The highest BCUT2D eigenvalue weighted by atomic mass is 16.1. The number of carbonyl (C=O) groups is 1. The fourth-order valence-corrected chi connectivity index (χ4v) is 2.17. The maximum absolute atomic E-state index is 12.3. The van der Waals surface area contributed by atoms with E-state index in [9.17, 15) is 4.79 Å². The maximum atomic E-state index is 12.3. The van der Waals surface area contributed by atoms with Gasteiger partial charge in [0.25, 0.3) is 5.91 Å². The Labute approximate surface area is 137 Å². The Hall–Kier alpha value is -2.43. The van der Waals surface area contributed by atoms with E-state index in [1.807, 2.05) is 52.8 Å². The van der Waals surface area contributed by atoms with Gasteiger partial charge in [-0.1, -0.05) is 29.8 Å². The smallest absolute Gasteiger partial charge is 0.270 e. The Morgan fingerprint density at radius 3 is 2.52 bits per heavy atom. The molecule has 0 radical (unpaired) electrons. The van der Waals surface area contributed by atoms with Gasteiger partial charge in [0.1, 0.15) is 5.69 Å². The van der Waals surface area contributed by atoms with Crippen LogP contribution in [0.1, 0.15) is 48.1 Å². The van der Waals surface area contributed by atoms with Crippen LogP contribution < -0.4 is 10.6 Å². The van der Waals surface area contributed by atoms with E-state index >= 15 is 0 Å². The van der Waals surface area contributed by atoms with Crippen LogP contribution >= 0.6 is 0 Å². The van der Waals surface area contributed by atoms with Crippen LogP contribution in [0.4, 0.5) is 5.95 Å². The summed E-state index contributed by atoms with van der Waals surface area (Å²) in [7, 11) is 0. The Balaban J connectivity index is 2.09. The number of nitrogens with zero attached hydrogens (tertiary/aromatic N) is 2. The van der Waals surface area contributed by atoms with E-state index in [-0.39, 0.29) is 11.4 Å². The zero-order valence-corrected chi connectivity index (χ0v) is 14.4.